The molecule has 9 nitrogen and oxygen atoms in total. The molecule has 0 aromatic heterocycles. The second kappa shape index (κ2) is 8.56. The first kappa shape index (κ1) is 20.7. The van der Waals surface area contributed by atoms with Gasteiger partial charge in [-0.1, -0.05) is 12.1 Å². The lowest BCUT2D eigenvalue weighted by Crippen LogP contribution is -2.54. The summed E-state index contributed by atoms with van der Waals surface area (Å²) in [6.07, 6.45) is 1.31. The molecule has 9 heteroatoms. The summed E-state index contributed by atoms with van der Waals surface area (Å²) >= 11 is 0. The van der Waals surface area contributed by atoms with Crippen LogP contribution in [0, 0.1) is 0 Å². The summed E-state index contributed by atoms with van der Waals surface area (Å²) in [7, 11) is 5.77. The van der Waals surface area contributed by atoms with Crippen LogP contribution in [0.3, 0.4) is 0 Å². The molecule has 0 unspecified atom stereocenters. The van der Waals surface area contributed by atoms with E-state index in [1.54, 1.807) is 30.3 Å². The second-order valence-corrected chi connectivity index (χ2v) is 6.08. The number of anilines is 1. The summed E-state index contributed by atoms with van der Waals surface area (Å²) in [6.45, 7) is 0. The van der Waals surface area contributed by atoms with Crippen LogP contribution < -0.4 is 29.2 Å². The van der Waals surface area contributed by atoms with Crippen LogP contribution in [0.25, 0.3) is 6.08 Å². The third-order valence-corrected chi connectivity index (χ3v) is 4.47. The Morgan fingerprint density at radius 1 is 0.833 bits per heavy atom. The zero-order valence-corrected chi connectivity index (χ0v) is 16.8. The normalized spacial score (nSPS) is 15.1. The van der Waals surface area contributed by atoms with E-state index in [1.165, 1.54) is 40.6 Å². The molecule has 0 saturated carbocycles. The second-order valence-electron chi connectivity index (χ2n) is 6.08. The Hall–Kier alpha value is -4.01. The molecule has 0 spiro atoms. The number of carbonyl (C=O) groups is 3. The smallest absolute Gasteiger partial charge is 0.336 e. The molecule has 1 fully saturated rings. The highest BCUT2D eigenvalue weighted by atomic mass is 16.5. The minimum atomic E-state index is -0.875. The van der Waals surface area contributed by atoms with Crippen LogP contribution in [0.4, 0.5) is 10.5 Å². The first-order valence-corrected chi connectivity index (χ1v) is 8.79. The van der Waals surface area contributed by atoms with Gasteiger partial charge in [-0.2, -0.15) is 0 Å². The number of methoxy groups -OCH3 is 4. The van der Waals surface area contributed by atoms with Crippen molar-refractivity contribution in [3.63, 3.8) is 0 Å². The van der Waals surface area contributed by atoms with Gasteiger partial charge in [0.25, 0.3) is 11.8 Å². The van der Waals surface area contributed by atoms with Crippen molar-refractivity contribution in [3.8, 4) is 23.0 Å². The molecular formula is C21H20N2O7. The molecule has 156 valence electrons. The summed E-state index contributed by atoms with van der Waals surface area (Å²) in [5.41, 5.74) is 0.269. The largest absolute Gasteiger partial charge is 0.496 e. The number of hydrogen-bond donors (Lipinski definition) is 1. The summed E-state index contributed by atoms with van der Waals surface area (Å²) in [4.78, 5) is 38.9. The van der Waals surface area contributed by atoms with Crippen LogP contribution in [-0.4, -0.2) is 46.3 Å². The van der Waals surface area contributed by atoms with Gasteiger partial charge in [-0.15, -0.1) is 0 Å². The van der Waals surface area contributed by atoms with Gasteiger partial charge in [-0.05, 0) is 18.2 Å². The highest BCUT2D eigenvalue weighted by Crippen LogP contribution is 2.37. The van der Waals surface area contributed by atoms with Gasteiger partial charge in [0.15, 0.2) is 0 Å². The Kier molecular flexibility index (Phi) is 5.91. The van der Waals surface area contributed by atoms with Gasteiger partial charge in [0.2, 0.25) is 0 Å². The predicted octanol–water partition coefficient (Wildman–Crippen LogP) is 2.39. The van der Waals surface area contributed by atoms with Crippen molar-refractivity contribution in [2.45, 2.75) is 0 Å². The molecule has 0 atom stereocenters. The van der Waals surface area contributed by atoms with Crippen molar-refractivity contribution >= 4 is 29.6 Å². The molecule has 1 aliphatic heterocycles. The number of urea groups is 1. The number of carbonyl (C=O) groups excluding carboxylic acids is 3. The van der Waals surface area contributed by atoms with Crippen LogP contribution in [0.1, 0.15) is 5.56 Å². The number of benzene rings is 2. The molecule has 2 aromatic rings. The number of hydrogen-bond acceptors (Lipinski definition) is 7. The average molecular weight is 412 g/mol. The number of barbiturate groups is 1. The predicted molar refractivity (Wildman–Crippen MR) is 108 cm³/mol. The Balaban J connectivity index is 2.14. The van der Waals surface area contributed by atoms with Gasteiger partial charge in [0.05, 0.1) is 39.7 Å². The molecule has 0 radical (unpaired) electrons. The number of nitrogens with one attached hydrogen (secondary N) is 1. The van der Waals surface area contributed by atoms with E-state index in [2.05, 4.69) is 5.32 Å². The summed E-state index contributed by atoms with van der Waals surface area (Å²) in [5.74, 6) is -0.241. The van der Waals surface area contributed by atoms with Crippen LogP contribution in [0.15, 0.2) is 42.0 Å². The van der Waals surface area contributed by atoms with Crippen molar-refractivity contribution in [3.05, 3.63) is 47.5 Å². The molecular weight excluding hydrogens is 392 g/mol. The zero-order chi connectivity index (χ0) is 21.8. The lowest BCUT2D eigenvalue weighted by Gasteiger charge is -2.27. The molecule has 1 saturated heterocycles. The monoisotopic (exact) mass is 412 g/mol. The van der Waals surface area contributed by atoms with E-state index in [-0.39, 0.29) is 11.3 Å². The minimum Gasteiger partial charge on any atom is -0.496 e. The van der Waals surface area contributed by atoms with Crippen molar-refractivity contribution in [1.29, 1.82) is 0 Å². The van der Waals surface area contributed by atoms with E-state index < -0.39 is 17.8 Å². The maximum atomic E-state index is 13.2. The number of imide groups is 2. The number of ether oxygens (including phenoxy) is 4. The fourth-order valence-corrected chi connectivity index (χ4v) is 3.01. The van der Waals surface area contributed by atoms with Crippen LogP contribution in [0.2, 0.25) is 0 Å². The quantitative estimate of drug-likeness (QED) is 0.574. The Bertz CT molecular complexity index is 1020. The van der Waals surface area contributed by atoms with E-state index in [9.17, 15) is 14.4 Å². The molecule has 0 aliphatic carbocycles. The van der Waals surface area contributed by atoms with Crippen molar-refractivity contribution in [2.75, 3.05) is 33.3 Å². The van der Waals surface area contributed by atoms with Crippen molar-refractivity contribution in [1.82, 2.24) is 5.32 Å². The van der Waals surface area contributed by atoms with E-state index in [4.69, 9.17) is 18.9 Å². The van der Waals surface area contributed by atoms with Gasteiger partial charge >= 0.3 is 6.03 Å². The zero-order valence-electron chi connectivity index (χ0n) is 16.8. The van der Waals surface area contributed by atoms with Gasteiger partial charge in [0, 0.05) is 12.1 Å². The SMILES string of the molecule is COc1cc(OC)c(/C=C2\C(=O)NC(=O)N(c3ccccc3OC)C2=O)c(OC)c1. The van der Waals surface area contributed by atoms with Crippen LogP contribution in [-0.2, 0) is 9.59 Å². The maximum absolute atomic E-state index is 13.2. The third-order valence-electron chi connectivity index (χ3n) is 4.47. The van der Waals surface area contributed by atoms with E-state index in [0.29, 0.717) is 28.6 Å². The standard InChI is InChI=1S/C21H20N2O7/c1-27-12-9-17(29-3)13(18(10-12)30-4)11-14-19(24)22-21(26)23(20(14)25)15-7-5-6-8-16(15)28-2/h5-11H,1-4H3,(H,22,24,26)/b14-11+. The average Bonchev–Trinajstić information content (AvgIpc) is 2.76. The summed E-state index contributed by atoms with van der Waals surface area (Å²) in [5, 5.41) is 2.17. The van der Waals surface area contributed by atoms with Gasteiger partial charge in [-0.3, -0.25) is 14.9 Å². The summed E-state index contributed by atoms with van der Waals surface area (Å²) < 4.78 is 21.2. The fourth-order valence-electron chi connectivity index (χ4n) is 3.01. The molecule has 4 amide bonds. The molecule has 3 rings (SSSR count). The van der Waals surface area contributed by atoms with Gasteiger partial charge in [0.1, 0.15) is 28.6 Å². The van der Waals surface area contributed by atoms with Crippen LogP contribution >= 0.6 is 0 Å². The lowest BCUT2D eigenvalue weighted by atomic mass is 10.0. The minimum absolute atomic E-state index is 0.203. The molecule has 0 bridgehead atoms. The maximum Gasteiger partial charge on any atom is 0.336 e. The third kappa shape index (κ3) is 3.64. The highest BCUT2D eigenvalue weighted by Gasteiger charge is 2.38. The molecule has 2 aromatic carbocycles. The Labute approximate surface area is 172 Å². The lowest BCUT2D eigenvalue weighted by molar-refractivity contribution is -0.122. The molecule has 30 heavy (non-hydrogen) atoms. The van der Waals surface area contributed by atoms with E-state index >= 15 is 0 Å². The number of para-hydroxylation sites is 2. The first-order chi connectivity index (χ1) is 14.4. The first-order valence-electron chi connectivity index (χ1n) is 8.79. The fraction of sp³-hybridized carbons (Fsp3) is 0.190. The van der Waals surface area contributed by atoms with Crippen molar-refractivity contribution < 1.29 is 33.3 Å². The van der Waals surface area contributed by atoms with E-state index in [0.717, 1.165) is 4.90 Å². The van der Waals surface area contributed by atoms with Gasteiger partial charge in [-0.25, -0.2) is 9.69 Å². The van der Waals surface area contributed by atoms with Gasteiger partial charge < -0.3 is 18.9 Å². The molecule has 1 heterocycles. The summed E-state index contributed by atoms with van der Waals surface area (Å²) in [6, 6.07) is 8.79. The highest BCUT2D eigenvalue weighted by molar-refractivity contribution is 6.39. The topological polar surface area (TPSA) is 103 Å². The molecule has 1 N–H and O–H groups in total. The number of amides is 4. The Morgan fingerprint density at radius 2 is 1.43 bits per heavy atom. The number of nitrogens with zero attached hydrogens (tertiary/aromatic N) is 1. The molecule has 1 aliphatic rings. The van der Waals surface area contributed by atoms with Crippen molar-refractivity contribution in [2.24, 2.45) is 0 Å². The Morgan fingerprint density at radius 3 is 2.00 bits per heavy atom. The number of rotatable bonds is 6. The van der Waals surface area contributed by atoms with E-state index in [1.807, 2.05) is 0 Å². The van der Waals surface area contributed by atoms with Crippen LogP contribution in [0.5, 0.6) is 23.0 Å².